The van der Waals surface area contributed by atoms with E-state index in [0.29, 0.717) is 25.9 Å². The molecule has 7 heteroatoms. The van der Waals surface area contributed by atoms with Crippen molar-refractivity contribution >= 4 is 11.8 Å². The standard InChI is InChI=1S/C17H25F3N2O2/c18-17(19,20)11-22(10-12-2-1-3-12)16(24)14-6-8-21(9-7-14)15(23)13-4-5-13/h12-14H,1-11H2. The average molecular weight is 346 g/mol. The minimum Gasteiger partial charge on any atom is -0.342 e. The molecule has 24 heavy (non-hydrogen) atoms. The summed E-state index contributed by atoms with van der Waals surface area (Å²) in [6.45, 7) is 0.0627. The minimum atomic E-state index is -4.36. The molecule has 0 radical (unpaired) electrons. The van der Waals surface area contributed by atoms with Crippen LogP contribution in [0.2, 0.25) is 0 Å². The quantitative estimate of drug-likeness (QED) is 0.768. The molecule has 2 saturated carbocycles. The molecule has 0 bridgehead atoms. The molecule has 2 aliphatic carbocycles. The lowest BCUT2D eigenvalue weighted by molar-refractivity contribution is -0.166. The summed E-state index contributed by atoms with van der Waals surface area (Å²) in [4.78, 5) is 27.4. The van der Waals surface area contributed by atoms with Crippen LogP contribution in [0.5, 0.6) is 0 Å². The van der Waals surface area contributed by atoms with Crippen LogP contribution in [0.25, 0.3) is 0 Å². The normalized spacial score (nSPS) is 23.0. The second-order valence-electron chi connectivity index (χ2n) is 7.50. The lowest BCUT2D eigenvalue weighted by Gasteiger charge is -2.37. The molecular weight excluding hydrogens is 321 g/mol. The number of nitrogens with zero attached hydrogens (tertiary/aromatic N) is 2. The second kappa shape index (κ2) is 6.92. The number of carbonyl (C=O) groups excluding carboxylic acids is 2. The van der Waals surface area contributed by atoms with E-state index in [1.165, 1.54) is 0 Å². The summed E-state index contributed by atoms with van der Waals surface area (Å²) < 4.78 is 38.5. The molecule has 0 aromatic carbocycles. The van der Waals surface area contributed by atoms with E-state index in [4.69, 9.17) is 0 Å². The van der Waals surface area contributed by atoms with E-state index >= 15 is 0 Å². The molecule has 3 aliphatic rings. The Bertz CT molecular complexity index is 479. The average Bonchev–Trinajstić information content (AvgIpc) is 3.32. The van der Waals surface area contributed by atoms with E-state index in [2.05, 4.69) is 0 Å². The van der Waals surface area contributed by atoms with Crippen LogP contribution in [0.3, 0.4) is 0 Å². The summed E-state index contributed by atoms with van der Waals surface area (Å²) in [7, 11) is 0. The van der Waals surface area contributed by atoms with Gasteiger partial charge in [0, 0.05) is 31.5 Å². The fourth-order valence-corrected chi connectivity index (χ4v) is 3.63. The van der Waals surface area contributed by atoms with Crippen LogP contribution < -0.4 is 0 Å². The van der Waals surface area contributed by atoms with E-state index in [9.17, 15) is 22.8 Å². The molecule has 136 valence electrons. The molecule has 0 spiro atoms. The summed E-state index contributed by atoms with van der Waals surface area (Å²) in [6.07, 6.45) is 1.36. The van der Waals surface area contributed by atoms with Crippen molar-refractivity contribution in [1.29, 1.82) is 0 Å². The van der Waals surface area contributed by atoms with Crippen LogP contribution in [-0.4, -0.2) is 54.0 Å². The molecule has 0 N–H and O–H groups in total. The van der Waals surface area contributed by atoms with E-state index in [1.807, 2.05) is 0 Å². The highest BCUT2D eigenvalue weighted by Crippen LogP contribution is 2.33. The third-order valence-corrected chi connectivity index (χ3v) is 5.47. The first-order chi connectivity index (χ1) is 11.3. The number of hydrogen-bond donors (Lipinski definition) is 0. The molecule has 1 heterocycles. The van der Waals surface area contributed by atoms with E-state index in [-0.39, 0.29) is 36.1 Å². The number of piperidine rings is 1. The van der Waals surface area contributed by atoms with Crippen LogP contribution in [-0.2, 0) is 9.59 Å². The molecule has 0 unspecified atom stereocenters. The molecule has 0 atom stereocenters. The summed E-state index contributed by atoms with van der Waals surface area (Å²) in [5.74, 6) is -0.235. The van der Waals surface area contributed by atoms with Crippen molar-refractivity contribution in [3.63, 3.8) is 0 Å². The van der Waals surface area contributed by atoms with Gasteiger partial charge in [-0.05, 0) is 44.4 Å². The van der Waals surface area contributed by atoms with Gasteiger partial charge < -0.3 is 9.80 Å². The Morgan fingerprint density at radius 1 is 0.958 bits per heavy atom. The maximum Gasteiger partial charge on any atom is 0.406 e. The van der Waals surface area contributed by atoms with Crippen LogP contribution in [0.1, 0.15) is 44.9 Å². The number of carbonyl (C=O) groups is 2. The molecule has 1 saturated heterocycles. The van der Waals surface area contributed by atoms with Crippen molar-refractivity contribution in [2.45, 2.75) is 51.1 Å². The van der Waals surface area contributed by atoms with Gasteiger partial charge in [-0.15, -0.1) is 0 Å². The van der Waals surface area contributed by atoms with Crippen molar-refractivity contribution < 1.29 is 22.8 Å². The maximum absolute atomic E-state index is 12.8. The number of likely N-dealkylation sites (tertiary alicyclic amines) is 1. The van der Waals surface area contributed by atoms with Gasteiger partial charge in [0.05, 0.1) is 0 Å². The molecule has 0 aromatic rings. The molecular formula is C17H25F3N2O2. The number of alkyl halides is 3. The molecule has 1 aliphatic heterocycles. The van der Waals surface area contributed by atoms with Crippen molar-refractivity contribution in [1.82, 2.24) is 9.80 Å². The first kappa shape index (κ1) is 17.5. The van der Waals surface area contributed by atoms with Gasteiger partial charge in [0.15, 0.2) is 0 Å². The zero-order valence-corrected chi connectivity index (χ0v) is 13.9. The highest BCUT2D eigenvalue weighted by molar-refractivity contribution is 5.82. The van der Waals surface area contributed by atoms with Crippen LogP contribution in [0.4, 0.5) is 13.2 Å². The predicted octanol–water partition coefficient (Wildman–Crippen LogP) is 2.83. The zero-order valence-electron chi connectivity index (χ0n) is 13.9. The Morgan fingerprint density at radius 3 is 2.04 bits per heavy atom. The largest absolute Gasteiger partial charge is 0.406 e. The fourth-order valence-electron chi connectivity index (χ4n) is 3.63. The zero-order chi connectivity index (χ0) is 17.3. The summed E-state index contributed by atoms with van der Waals surface area (Å²) in [5, 5.41) is 0. The third kappa shape index (κ3) is 4.42. The Labute approximate surface area is 140 Å². The lowest BCUT2D eigenvalue weighted by Crippen LogP contribution is -2.48. The molecule has 0 aromatic heterocycles. The number of rotatable bonds is 5. The van der Waals surface area contributed by atoms with Crippen molar-refractivity contribution in [2.24, 2.45) is 17.8 Å². The monoisotopic (exact) mass is 346 g/mol. The topological polar surface area (TPSA) is 40.6 Å². The van der Waals surface area contributed by atoms with Gasteiger partial charge in [0.2, 0.25) is 11.8 Å². The van der Waals surface area contributed by atoms with Gasteiger partial charge in [-0.1, -0.05) is 6.42 Å². The van der Waals surface area contributed by atoms with Gasteiger partial charge in [0.1, 0.15) is 6.54 Å². The minimum absolute atomic E-state index is 0.151. The fraction of sp³-hybridized carbons (Fsp3) is 0.882. The number of hydrogen-bond acceptors (Lipinski definition) is 2. The third-order valence-electron chi connectivity index (χ3n) is 5.47. The second-order valence-corrected chi connectivity index (χ2v) is 7.50. The van der Waals surface area contributed by atoms with Gasteiger partial charge in [-0.2, -0.15) is 13.2 Å². The van der Waals surface area contributed by atoms with Gasteiger partial charge in [-0.25, -0.2) is 0 Å². The van der Waals surface area contributed by atoms with Crippen LogP contribution in [0.15, 0.2) is 0 Å². The Hall–Kier alpha value is -1.27. The molecule has 2 amide bonds. The molecule has 4 nitrogen and oxygen atoms in total. The van der Waals surface area contributed by atoms with Gasteiger partial charge in [-0.3, -0.25) is 9.59 Å². The summed E-state index contributed by atoms with van der Waals surface area (Å²) in [5.41, 5.74) is 0. The highest BCUT2D eigenvalue weighted by atomic mass is 19.4. The molecule has 3 rings (SSSR count). The predicted molar refractivity (Wildman–Crippen MR) is 82.0 cm³/mol. The van der Waals surface area contributed by atoms with E-state index in [0.717, 1.165) is 37.0 Å². The number of amides is 2. The Balaban J connectivity index is 1.54. The van der Waals surface area contributed by atoms with Crippen molar-refractivity contribution in [3.05, 3.63) is 0 Å². The maximum atomic E-state index is 12.8. The highest BCUT2D eigenvalue weighted by Gasteiger charge is 2.40. The van der Waals surface area contributed by atoms with E-state index in [1.54, 1.807) is 4.90 Å². The van der Waals surface area contributed by atoms with Crippen molar-refractivity contribution in [3.8, 4) is 0 Å². The Morgan fingerprint density at radius 2 is 1.58 bits per heavy atom. The smallest absolute Gasteiger partial charge is 0.342 e. The number of halogens is 3. The van der Waals surface area contributed by atoms with Gasteiger partial charge in [0.25, 0.3) is 0 Å². The Kier molecular flexibility index (Phi) is 5.06. The van der Waals surface area contributed by atoms with E-state index < -0.39 is 12.7 Å². The first-order valence-corrected chi connectivity index (χ1v) is 8.98. The van der Waals surface area contributed by atoms with Crippen molar-refractivity contribution in [2.75, 3.05) is 26.2 Å². The van der Waals surface area contributed by atoms with Crippen LogP contribution >= 0.6 is 0 Å². The SMILES string of the molecule is O=C(C1CC1)N1CCC(C(=O)N(CC2CCC2)CC(F)(F)F)CC1. The molecule has 3 fully saturated rings. The summed E-state index contributed by atoms with van der Waals surface area (Å²) in [6, 6.07) is 0. The van der Waals surface area contributed by atoms with Gasteiger partial charge >= 0.3 is 6.18 Å². The summed E-state index contributed by atoms with van der Waals surface area (Å²) >= 11 is 0. The lowest BCUT2D eigenvalue weighted by atomic mass is 9.84. The first-order valence-electron chi connectivity index (χ1n) is 8.98. The van der Waals surface area contributed by atoms with Crippen LogP contribution in [0, 0.1) is 17.8 Å².